The second-order valence-corrected chi connectivity index (χ2v) is 4.44. The lowest BCUT2D eigenvalue weighted by Gasteiger charge is -1.94. The fourth-order valence-corrected chi connectivity index (χ4v) is 1.44. The Morgan fingerprint density at radius 3 is 2.55 bits per heavy atom. The van der Waals surface area contributed by atoms with E-state index >= 15 is 0 Å². The van der Waals surface area contributed by atoms with Crippen molar-refractivity contribution in [3.8, 4) is 0 Å². The molecule has 0 amide bonds. The van der Waals surface area contributed by atoms with Gasteiger partial charge in [-0.3, -0.25) is 0 Å². The van der Waals surface area contributed by atoms with Crippen LogP contribution >= 0.6 is 8.03 Å². The summed E-state index contributed by atoms with van der Waals surface area (Å²) in [6.45, 7) is 6.74. The van der Waals surface area contributed by atoms with Crippen molar-refractivity contribution in [1.29, 1.82) is 0 Å². The third-order valence-corrected chi connectivity index (χ3v) is 3.19. The van der Waals surface area contributed by atoms with E-state index in [1.807, 2.05) is 13.8 Å². The van der Waals surface area contributed by atoms with Crippen LogP contribution in [0.4, 0.5) is 0 Å². The summed E-state index contributed by atoms with van der Waals surface area (Å²) >= 11 is 0. The lowest BCUT2D eigenvalue weighted by atomic mass is 10.4. The van der Waals surface area contributed by atoms with Crippen molar-refractivity contribution < 1.29 is 9.09 Å². The van der Waals surface area contributed by atoms with Gasteiger partial charge in [0.1, 0.15) is 6.61 Å². The van der Waals surface area contributed by atoms with Gasteiger partial charge in [0.25, 0.3) is 0 Å². The first kappa shape index (κ1) is 11.1. The zero-order chi connectivity index (χ0) is 8.69. The van der Waals surface area contributed by atoms with Crippen LogP contribution in [-0.2, 0) is 9.09 Å². The third-order valence-electron chi connectivity index (χ3n) is 1.67. The number of hydrogen-bond donors (Lipinski definition) is 0. The van der Waals surface area contributed by atoms with Gasteiger partial charge >= 0.3 is 8.03 Å². The minimum absolute atomic E-state index is 0.210. The van der Waals surface area contributed by atoms with Crippen molar-refractivity contribution in [3.63, 3.8) is 0 Å². The van der Waals surface area contributed by atoms with E-state index in [0.29, 0.717) is 6.61 Å². The summed E-state index contributed by atoms with van der Waals surface area (Å²) in [7, 11) is -1.40. The van der Waals surface area contributed by atoms with E-state index in [9.17, 15) is 4.57 Å². The van der Waals surface area contributed by atoms with Crippen LogP contribution in [0.1, 0.15) is 40.0 Å². The highest BCUT2D eigenvalue weighted by molar-refractivity contribution is 7.39. The zero-order valence-electron chi connectivity index (χ0n) is 7.67. The topological polar surface area (TPSA) is 26.3 Å². The lowest BCUT2D eigenvalue weighted by molar-refractivity contribution is 0.315. The van der Waals surface area contributed by atoms with E-state index in [1.54, 1.807) is 0 Å². The van der Waals surface area contributed by atoms with Gasteiger partial charge in [0.2, 0.25) is 0 Å². The second-order valence-electron chi connectivity index (χ2n) is 2.73. The number of rotatable bonds is 6. The molecule has 2 unspecified atom stereocenters. The van der Waals surface area contributed by atoms with Crippen LogP contribution in [0, 0.1) is 0 Å². The molecule has 3 heteroatoms. The molecule has 0 aliphatic rings. The van der Waals surface area contributed by atoms with Crippen LogP contribution in [0.25, 0.3) is 0 Å². The second kappa shape index (κ2) is 6.75. The molecule has 0 saturated heterocycles. The minimum Gasteiger partial charge on any atom is -0.146 e. The summed E-state index contributed by atoms with van der Waals surface area (Å²) in [6, 6.07) is 0. The first-order valence-electron chi connectivity index (χ1n) is 4.31. The molecule has 0 bridgehead atoms. The summed E-state index contributed by atoms with van der Waals surface area (Å²) in [5.41, 5.74) is 0.210. The van der Waals surface area contributed by atoms with Crippen LogP contribution in [0.2, 0.25) is 0 Å². The maximum absolute atomic E-state index is 11.2. The summed E-state index contributed by atoms with van der Waals surface area (Å²) in [6.07, 6.45) is 3.04. The summed E-state index contributed by atoms with van der Waals surface area (Å²) in [5.74, 6) is 0. The molecule has 0 aromatic carbocycles. The van der Waals surface area contributed by atoms with Gasteiger partial charge in [-0.25, -0.2) is 0 Å². The molecule has 0 saturated carbocycles. The SMILES string of the molecule is CCCCO[P+](=O)C(C)CC. The molecule has 0 aromatic rings. The molecule has 0 radical (unpaired) electrons. The van der Waals surface area contributed by atoms with Gasteiger partial charge < -0.3 is 0 Å². The molecule has 0 aromatic heterocycles. The largest absolute Gasteiger partial charge is 0.510 e. The fraction of sp³-hybridized carbons (Fsp3) is 1.00. The summed E-state index contributed by atoms with van der Waals surface area (Å²) in [5, 5.41) is 0. The number of unbranched alkanes of at least 4 members (excludes halogenated alkanes) is 1. The van der Waals surface area contributed by atoms with Gasteiger partial charge in [-0.1, -0.05) is 20.3 Å². The molecule has 66 valence electrons. The van der Waals surface area contributed by atoms with Crippen molar-refractivity contribution in [3.05, 3.63) is 0 Å². The highest BCUT2D eigenvalue weighted by atomic mass is 31.1. The molecule has 0 heterocycles. The van der Waals surface area contributed by atoms with Crippen molar-refractivity contribution >= 4 is 8.03 Å². The van der Waals surface area contributed by atoms with Gasteiger partial charge in [0.15, 0.2) is 5.66 Å². The Kier molecular flexibility index (Phi) is 6.79. The van der Waals surface area contributed by atoms with Crippen LogP contribution in [0.3, 0.4) is 0 Å². The molecule has 0 N–H and O–H groups in total. The molecule has 2 nitrogen and oxygen atoms in total. The van der Waals surface area contributed by atoms with E-state index in [2.05, 4.69) is 6.92 Å². The van der Waals surface area contributed by atoms with E-state index in [1.165, 1.54) is 0 Å². The molecule has 0 fully saturated rings. The maximum Gasteiger partial charge on any atom is 0.510 e. The van der Waals surface area contributed by atoms with Crippen molar-refractivity contribution in [2.75, 3.05) is 6.61 Å². The minimum atomic E-state index is -1.40. The predicted molar refractivity (Wildman–Crippen MR) is 48.2 cm³/mol. The predicted octanol–water partition coefficient (Wildman–Crippen LogP) is 3.34. The molecule has 0 rings (SSSR count). The highest BCUT2D eigenvalue weighted by Gasteiger charge is 2.25. The molecule has 0 aliphatic heterocycles. The van der Waals surface area contributed by atoms with Gasteiger partial charge in [-0.15, -0.1) is 4.52 Å². The van der Waals surface area contributed by atoms with E-state index in [-0.39, 0.29) is 5.66 Å². The summed E-state index contributed by atoms with van der Waals surface area (Å²) in [4.78, 5) is 0. The van der Waals surface area contributed by atoms with Crippen LogP contribution in [0.5, 0.6) is 0 Å². The quantitative estimate of drug-likeness (QED) is 0.459. The van der Waals surface area contributed by atoms with Crippen LogP contribution in [-0.4, -0.2) is 12.3 Å². The first-order valence-corrected chi connectivity index (χ1v) is 5.56. The maximum atomic E-state index is 11.2. The molecule has 0 spiro atoms. The number of hydrogen-bond acceptors (Lipinski definition) is 2. The third kappa shape index (κ3) is 5.34. The lowest BCUT2D eigenvalue weighted by Crippen LogP contribution is -1.96. The Morgan fingerprint density at radius 1 is 1.45 bits per heavy atom. The van der Waals surface area contributed by atoms with Gasteiger partial charge in [-0.2, -0.15) is 0 Å². The molecule has 0 aliphatic carbocycles. The van der Waals surface area contributed by atoms with Gasteiger partial charge in [0, 0.05) is 0 Å². The fourth-order valence-electron chi connectivity index (χ4n) is 0.575. The Labute approximate surface area is 70.2 Å². The van der Waals surface area contributed by atoms with Crippen LogP contribution < -0.4 is 0 Å². The van der Waals surface area contributed by atoms with E-state index < -0.39 is 8.03 Å². The zero-order valence-corrected chi connectivity index (χ0v) is 8.56. The Bertz CT molecular complexity index is 115. The van der Waals surface area contributed by atoms with E-state index in [4.69, 9.17) is 4.52 Å². The monoisotopic (exact) mass is 177 g/mol. The average Bonchev–Trinajstić information content (AvgIpc) is 2.03. The molecule has 11 heavy (non-hydrogen) atoms. The first-order chi connectivity index (χ1) is 5.22. The molecule has 2 atom stereocenters. The van der Waals surface area contributed by atoms with Gasteiger partial charge in [-0.05, 0) is 24.3 Å². The van der Waals surface area contributed by atoms with E-state index in [0.717, 1.165) is 19.3 Å². The van der Waals surface area contributed by atoms with Crippen molar-refractivity contribution in [1.82, 2.24) is 0 Å². The Hall–Kier alpha value is 0.0600. The summed E-state index contributed by atoms with van der Waals surface area (Å²) < 4.78 is 16.3. The van der Waals surface area contributed by atoms with Crippen molar-refractivity contribution in [2.45, 2.75) is 45.7 Å². The standard InChI is InChI=1S/C8H18O2P/c1-4-6-7-10-11(9)8(3)5-2/h8H,4-7H2,1-3H3/q+1. The van der Waals surface area contributed by atoms with Gasteiger partial charge in [0.05, 0.1) is 0 Å². The average molecular weight is 177 g/mol. The Balaban J connectivity index is 3.36. The molecular weight excluding hydrogens is 159 g/mol. The highest BCUT2D eigenvalue weighted by Crippen LogP contribution is 2.31. The Morgan fingerprint density at radius 2 is 2.09 bits per heavy atom. The van der Waals surface area contributed by atoms with Crippen molar-refractivity contribution in [2.24, 2.45) is 0 Å². The normalized spacial score (nSPS) is 14.6. The van der Waals surface area contributed by atoms with Crippen LogP contribution in [0.15, 0.2) is 0 Å². The molecular formula is C8H18O2P+. The smallest absolute Gasteiger partial charge is 0.146 e.